The Bertz CT molecular complexity index is 458. The molecule has 1 saturated heterocycles. The number of rotatable bonds is 6. The van der Waals surface area contributed by atoms with Gasteiger partial charge in [-0.1, -0.05) is 0 Å². The predicted octanol–water partition coefficient (Wildman–Crippen LogP) is 1.28. The Labute approximate surface area is 124 Å². The van der Waals surface area contributed by atoms with Crippen molar-refractivity contribution in [3.05, 3.63) is 24.2 Å². The number of methoxy groups -OCH3 is 1. The number of nitrogens with one attached hydrogen (secondary N) is 1. The van der Waals surface area contributed by atoms with Crippen molar-refractivity contribution in [2.24, 2.45) is 5.92 Å². The zero-order valence-corrected chi connectivity index (χ0v) is 12.3. The minimum atomic E-state index is -0.142. The summed E-state index contributed by atoms with van der Waals surface area (Å²) in [7, 11) is 1.64. The number of piperidine rings is 1. The van der Waals surface area contributed by atoms with Crippen molar-refractivity contribution in [3.8, 4) is 0 Å². The van der Waals surface area contributed by atoms with Crippen molar-refractivity contribution in [2.45, 2.75) is 19.3 Å². The van der Waals surface area contributed by atoms with Crippen LogP contribution in [0.5, 0.6) is 0 Å². The number of nitrogens with zero attached hydrogens (tertiary/aromatic N) is 1. The Morgan fingerprint density at radius 3 is 3.10 bits per heavy atom. The van der Waals surface area contributed by atoms with Crippen LogP contribution in [0.3, 0.4) is 0 Å². The summed E-state index contributed by atoms with van der Waals surface area (Å²) in [4.78, 5) is 26.0. The van der Waals surface area contributed by atoms with Crippen LogP contribution in [0.15, 0.2) is 22.8 Å². The first-order valence-corrected chi connectivity index (χ1v) is 7.32. The lowest BCUT2D eigenvalue weighted by atomic mass is 9.97. The van der Waals surface area contributed by atoms with Crippen LogP contribution < -0.4 is 5.32 Å². The standard InChI is InChI=1S/C15H22N2O4/c1-20-9-4-7-16-14(18)12-5-2-8-17(11-12)15(19)13-6-3-10-21-13/h3,6,10,12H,2,4-5,7-9,11H2,1H3,(H,16,18)/t12-/m1/s1. The molecule has 0 saturated carbocycles. The molecule has 1 aromatic heterocycles. The maximum Gasteiger partial charge on any atom is 0.289 e. The summed E-state index contributed by atoms with van der Waals surface area (Å²) in [5.74, 6) is 0.0660. The fourth-order valence-electron chi connectivity index (χ4n) is 2.50. The topological polar surface area (TPSA) is 71.8 Å². The Balaban J connectivity index is 1.83. The molecule has 0 bridgehead atoms. The lowest BCUT2D eigenvalue weighted by Crippen LogP contribution is -2.45. The van der Waals surface area contributed by atoms with Crippen molar-refractivity contribution in [3.63, 3.8) is 0 Å². The average molecular weight is 294 g/mol. The molecular formula is C15H22N2O4. The van der Waals surface area contributed by atoms with E-state index in [1.165, 1.54) is 6.26 Å². The van der Waals surface area contributed by atoms with Crippen molar-refractivity contribution in [1.29, 1.82) is 0 Å². The van der Waals surface area contributed by atoms with Crippen LogP contribution in [0.4, 0.5) is 0 Å². The molecule has 0 radical (unpaired) electrons. The Kier molecular flexibility index (Phi) is 5.80. The molecule has 6 heteroatoms. The highest BCUT2D eigenvalue weighted by atomic mass is 16.5. The molecule has 1 fully saturated rings. The van der Waals surface area contributed by atoms with Crippen molar-refractivity contribution < 1.29 is 18.7 Å². The third kappa shape index (κ3) is 4.32. The van der Waals surface area contributed by atoms with Gasteiger partial charge >= 0.3 is 0 Å². The zero-order chi connectivity index (χ0) is 15.1. The Morgan fingerprint density at radius 1 is 1.52 bits per heavy atom. The molecule has 21 heavy (non-hydrogen) atoms. The van der Waals surface area contributed by atoms with Gasteiger partial charge in [-0.05, 0) is 31.4 Å². The molecule has 0 aromatic carbocycles. The lowest BCUT2D eigenvalue weighted by molar-refractivity contribution is -0.126. The quantitative estimate of drug-likeness (QED) is 0.802. The lowest BCUT2D eigenvalue weighted by Gasteiger charge is -2.31. The van der Waals surface area contributed by atoms with Crippen LogP contribution in [-0.4, -0.2) is 50.1 Å². The second kappa shape index (κ2) is 7.83. The van der Waals surface area contributed by atoms with Crippen molar-refractivity contribution >= 4 is 11.8 Å². The summed E-state index contributed by atoms with van der Waals surface area (Å²) in [6.07, 6.45) is 3.93. The summed E-state index contributed by atoms with van der Waals surface area (Å²) in [5, 5.41) is 2.90. The SMILES string of the molecule is COCCCNC(=O)[C@@H]1CCCN(C(=O)c2ccco2)C1. The highest BCUT2D eigenvalue weighted by Crippen LogP contribution is 2.19. The number of furan rings is 1. The number of amides is 2. The fourth-order valence-corrected chi connectivity index (χ4v) is 2.50. The van der Waals surface area contributed by atoms with Gasteiger partial charge in [0.25, 0.3) is 5.91 Å². The molecule has 6 nitrogen and oxygen atoms in total. The smallest absolute Gasteiger partial charge is 0.289 e. The van der Waals surface area contributed by atoms with E-state index in [2.05, 4.69) is 5.32 Å². The highest BCUT2D eigenvalue weighted by Gasteiger charge is 2.29. The van der Waals surface area contributed by atoms with E-state index in [0.29, 0.717) is 32.0 Å². The first-order valence-electron chi connectivity index (χ1n) is 7.32. The monoisotopic (exact) mass is 294 g/mol. The summed E-state index contributed by atoms with van der Waals surface area (Å²) in [6, 6.07) is 3.34. The van der Waals surface area contributed by atoms with Crippen LogP contribution in [0.25, 0.3) is 0 Å². The highest BCUT2D eigenvalue weighted by molar-refractivity contribution is 5.92. The summed E-state index contributed by atoms with van der Waals surface area (Å²) >= 11 is 0. The van der Waals surface area contributed by atoms with Gasteiger partial charge in [0, 0.05) is 33.4 Å². The van der Waals surface area contributed by atoms with Gasteiger partial charge in [-0.2, -0.15) is 0 Å². The van der Waals surface area contributed by atoms with E-state index in [4.69, 9.17) is 9.15 Å². The van der Waals surface area contributed by atoms with Gasteiger partial charge in [0.05, 0.1) is 12.2 Å². The molecule has 0 spiro atoms. The molecule has 116 valence electrons. The minimum absolute atomic E-state index is 0.0167. The van der Waals surface area contributed by atoms with E-state index in [9.17, 15) is 9.59 Å². The normalized spacial score (nSPS) is 18.5. The number of ether oxygens (including phenoxy) is 1. The van der Waals surface area contributed by atoms with Crippen molar-refractivity contribution in [1.82, 2.24) is 10.2 Å². The molecular weight excluding hydrogens is 272 g/mol. The van der Waals surface area contributed by atoms with E-state index in [1.54, 1.807) is 24.1 Å². The third-order valence-corrected chi connectivity index (χ3v) is 3.64. The van der Waals surface area contributed by atoms with Gasteiger partial charge in [0.15, 0.2) is 5.76 Å². The molecule has 0 aliphatic carbocycles. The fraction of sp³-hybridized carbons (Fsp3) is 0.600. The van der Waals surface area contributed by atoms with Gasteiger partial charge in [0.2, 0.25) is 5.91 Å². The second-order valence-electron chi connectivity index (χ2n) is 5.21. The van der Waals surface area contributed by atoms with Crippen LogP contribution >= 0.6 is 0 Å². The number of hydrogen-bond acceptors (Lipinski definition) is 4. The molecule has 2 amide bonds. The van der Waals surface area contributed by atoms with Gasteiger partial charge in [-0.15, -0.1) is 0 Å². The zero-order valence-electron chi connectivity index (χ0n) is 12.3. The number of carbonyl (C=O) groups excluding carboxylic acids is 2. The molecule has 0 unspecified atom stereocenters. The first-order chi connectivity index (χ1) is 10.2. The molecule has 1 aromatic rings. The van der Waals surface area contributed by atoms with Crippen LogP contribution in [0.2, 0.25) is 0 Å². The van der Waals surface area contributed by atoms with E-state index in [-0.39, 0.29) is 17.7 Å². The minimum Gasteiger partial charge on any atom is -0.459 e. The third-order valence-electron chi connectivity index (χ3n) is 3.64. The predicted molar refractivity (Wildman–Crippen MR) is 76.8 cm³/mol. The van der Waals surface area contributed by atoms with Gasteiger partial charge in [-0.25, -0.2) is 0 Å². The molecule has 2 heterocycles. The molecule has 1 aliphatic rings. The van der Waals surface area contributed by atoms with Crippen LogP contribution in [0, 0.1) is 5.92 Å². The van der Waals surface area contributed by atoms with Crippen molar-refractivity contribution in [2.75, 3.05) is 33.4 Å². The number of likely N-dealkylation sites (tertiary alicyclic amines) is 1. The average Bonchev–Trinajstić information content (AvgIpc) is 3.05. The largest absolute Gasteiger partial charge is 0.459 e. The Hall–Kier alpha value is -1.82. The van der Waals surface area contributed by atoms with Gasteiger partial charge < -0.3 is 19.4 Å². The van der Waals surface area contributed by atoms with Crippen LogP contribution in [0.1, 0.15) is 29.8 Å². The molecule has 1 aliphatic heterocycles. The van der Waals surface area contributed by atoms with E-state index in [1.807, 2.05) is 0 Å². The molecule has 1 N–H and O–H groups in total. The van der Waals surface area contributed by atoms with Gasteiger partial charge in [0.1, 0.15) is 0 Å². The number of hydrogen-bond donors (Lipinski definition) is 1. The maximum atomic E-state index is 12.2. The Morgan fingerprint density at radius 2 is 2.38 bits per heavy atom. The van der Waals surface area contributed by atoms with Crippen LogP contribution in [-0.2, 0) is 9.53 Å². The first kappa shape index (κ1) is 15.6. The molecule has 1 atom stereocenters. The second-order valence-corrected chi connectivity index (χ2v) is 5.21. The van der Waals surface area contributed by atoms with E-state index < -0.39 is 0 Å². The number of carbonyl (C=O) groups is 2. The summed E-state index contributed by atoms with van der Waals surface area (Å²) in [6.45, 7) is 2.37. The van der Waals surface area contributed by atoms with Gasteiger partial charge in [-0.3, -0.25) is 9.59 Å². The summed E-state index contributed by atoms with van der Waals surface area (Å²) in [5.41, 5.74) is 0. The maximum absolute atomic E-state index is 12.2. The van der Waals surface area contributed by atoms with E-state index >= 15 is 0 Å². The molecule has 2 rings (SSSR count). The summed E-state index contributed by atoms with van der Waals surface area (Å²) < 4.78 is 10.1. The van der Waals surface area contributed by atoms with E-state index in [0.717, 1.165) is 19.3 Å².